The zero-order valence-corrected chi connectivity index (χ0v) is 15.7. The van der Waals surface area contributed by atoms with Crippen molar-refractivity contribution >= 4 is 23.2 Å². The third-order valence-electron chi connectivity index (χ3n) is 4.13. The van der Waals surface area contributed by atoms with Crippen LogP contribution in [-0.2, 0) is 11.2 Å². The molecule has 0 aliphatic heterocycles. The van der Waals surface area contributed by atoms with Gasteiger partial charge in [-0.2, -0.15) is 0 Å². The number of ether oxygens (including phenoxy) is 1. The lowest BCUT2D eigenvalue weighted by atomic mass is 10.1. The monoisotopic (exact) mass is 393 g/mol. The Hall–Kier alpha value is -3.87. The molecule has 0 atom stereocenters. The SMILES string of the molecule is COc1ccc(Nc2ccccc2C(=O)NNC(=O)Cc2ccc(F)cc2)cc1. The molecule has 7 heteroatoms. The van der Waals surface area contributed by atoms with Gasteiger partial charge in [0.25, 0.3) is 5.91 Å². The fourth-order valence-corrected chi connectivity index (χ4v) is 2.65. The largest absolute Gasteiger partial charge is 0.497 e. The van der Waals surface area contributed by atoms with Crippen molar-refractivity contribution in [1.29, 1.82) is 0 Å². The number of nitrogens with one attached hydrogen (secondary N) is 3. The fourth-order valence-electron chi connectivity index (χ4n) is 2.65. The van der Waals surface area contributed by atoms with E-state index in [2.05, 4.69) is 16.2 Å². The van der Waals surface area contributed by atoms with Crippen molar-refractivity contribution in [3.05, 3.63) is 89.7 Å². The molecule has 0 saturated carbocycles. The lowest BCUT2D eigenvalue weighted by Crippen LogP contribution is -2.42. The third-order valence-corrected chi connectivity index (χ3v) is 4.13. The number of benzene rings is 3. The summed E-state index contributed by atoms with van der Waals surface area (Å²) < 4.78 is 18.1. The molecule has 0 aliphatic carbocycles. The molecule has 148 valence electrons. The van der Waals surface area contributed by atoms with Crippen LogP contribution in [0.25, 0.3) is 0 Å². The normalized spacial score (nSPS) is 10.1. The van der Waals surface area contributed by atoms with E-state index in [0.29, 0.717) is 16.8 Å². The van der Waals surface area contributed by atoms with Gasteiger partial charge in [0.05, 0.1) is 24.8 Å². The topological polar surface area (TPSA) is 79.5 Å². The summed E-state index contributed by atoms with van der Waals surface area (Å²) in [6.45, 7) is 0. The first-order valence-electron chi connectivity index (χ1n) is 8.89. The number of methoxy groups -OCH3 is 1. The number of carbonyl (C=O) groups excluding carboxylic acids is 2. The van der Waals surface area contributed by atoms with Crippen molar-refractivity contribution in [2.24, 2.45) is 0 Å². The van der Waals surface area contributed by atoms with Gasteiger partial charge in [-0.05, 0) is 54.1 Å². The zero-order chi connectivity index (χ0) is 20.6. The number of hydrogen-bond acceptors (Lipinski definition) is 4. The van der Waals surface area contributed by atoms with E-state index >= 15 is 0 Å². The number of anilines is 2. The van der Waals surface area contributed by atoms with Gasteiger partial charge in [0.1, 0.15) is 11.6 Å². The summed E-state index contributed by atoms with van der Waals surface area (Å²) in [5.41, 5.74) is 7.15. The first-order chi connectivity index (χ1) is 14.0. The van der Waals surface area contributed by atoms with Crippen molar-refractivity contribution in [1.82, 2.24) is 10.9 Å². The molecular formula is C22H20FN3O3. The highest BCUT2D eigenvalue weighted by Crippen LogP contribution is 2.22. The van der Waals surface area contributed by atoms with Gasteiger partial charge in [-0.1, -0.05) is 24.3 Å². The Morgan fingerprint density at radius 3 is 2.28 bits per heavy atom. The molecule has 2 amide bonds. The summed E-state index contributed by atoms with van der Waals surface area (Å²) in [5.74, 6) is -0.520. The van der Waals surface area contributed by atoms with Gasteiger partial charge >= 0.3 is 0 Å². The number of amides is 2. The Bertz CT molecular complexity index is 989. The molecule has 0 fully saturated rings. The maximum atomic E-state index is 12.9. The second-order valence-electron chi connectivity index (χ2n) is 6.20. The van der Waals surface area contributed by atoms with Crippen LogP contribution >= 0.6 is 0 Å². The van der Waals surface area contributed by atoms with E-state index in [1.165, 1.54) is 24.3 Å². The first kappa shape index (κ1) is 19.9. The van der Waals surface area contributed by atoms with Crippen molar-refractivity contribution in [2.45, 2.75) is 6.42 Å². The van der Waals surface area contributed by atoms with Crippen LogP contribution < -0.4 is 20.9 Å². The molecule has 3 aromatic rings. The van der Waals surface area contributed by atoms with Crippen molar-refractivity contribution in [3.63, 3.8) is 0 Å². The van der Waals surface area contributed by atoms with Gasteiger partial charge < -0.3 is 10.1 Å². The van der Waals surface area contributed by atoms with E-state index in [9.17, 15) is 14.0 Å². The standard InChI is InChI=1S/C22H20FN3O3/c1-29-18-12-10-17(11-13-18)24-20-5-3-2-4-19(20)22(28)26-25-21(27)14-15-6-8-16(23)9-7-15/h2-13,24H,14H2,1H3,(H,25,27)(H,26,28). The number of hydrogen-bond donors (Lipinski definition) is 3. The highest BCUT2D eigenvalue weighted by molar-refractivity contribution is 6.01. The highest BCUT2D eigenvalue weighted by Gasteiger charge is 2.12. The molecule has 0 saturated heterocycles. The number of carbonyl (C=O) groups is 2. The van der Waals surface area contributed by atoms with Gasteiger partial charge in [-0.25, -0.2) is 4.39 Å². The van der Waals surface area contributed by atoms with E-state index in [0.717, 1.165) is 11.4 Å². The van der Waals surface area contributed by atoms with E-state index in [-0.39, 0.29) is 12.2 Å². The maximum Gasteiger partial charge on any atom is 0.271 e. The molecular weight excluding hydrogens is 373 g/mol. The molecule has 0 aliphatic rings. The van der Waals surface area contributed by atoms with Gasteiger partial charge in [-0.3, -0.25) is 20.4 Å². The molecule has 0 bridgehead atoms. The van der Waals surface area contributed by atoms with Crippen molar-refractivity contribution < 1.29 is 18.7 Å². The summed E-state index contributed by atoms with van der Waals surface area (Å²) in [6, 6.07) is 19.8. The average molecular weight is 393 g/mol. The molecule has 29 heavy (non-hydrogen) atoms. The van der Waals surface area contributed by atoms with Crippen LogP contribution in [0.1, 0.15) is 15.9 Å². The van der Waals surface area contributed by atoms with Crippen molar-refractivity contribution in [3.8, 4) is 5.75 Å². The summed E-state index contributed by atoms with van der Waals surface area (Å²) in [4.78, 5) is 24.5. The predicted octanol–water partition coefficient (Wildman–Crippen LogP) is 3.58. The van der Waals surface area contributed by atoms with E-state index in [1.807, 2.05) is 12.1 Å². The minimum absolute atomic E-state index is 0.0201. The average Bonchev–Trinajstić information content (AvgIpc) is 2.74. The first-order valence-corrected chi connectivity index (χ1v) is 8.89. The molecule has 0 unspecified atom stereocenters. The van der Waals surface area contributed by atoms with Crippen LogP contribution in [0, 0.1) is 5.82 Å². The second-order valence-corrected chi connectivity index (χ2v) is 6.20. The van der Waals surface area contributed by atoms with Gasteiger partial charge in [0.2, 0.25) is 5.91 Å². The molecule has 0 radical (unpaired) electrons. The van der Waals surface area contributed by atoms with E-state index in [1.54, 1.807) is 43.5 Å². The number of para-hydroxylation sites is 1. The predicted molar refractivity (Wildman–Crippen MR) is 108 cm³/mol. The van der Waals surface area contributed by atoms with Crippen LogP contribution in [0.5, 0.6) is 5.75 Å². The van der Waals surface area contributed by atoms with E-state index < -0.39 is 11.8 Å². The molecule has 0 spiro atoms. The minimum atomic E-state index is -0.464. The minimum Gasteiger partial charge on any atom is -0.497 e. The van der Waals surface area contributed by atoms with Crippen LogP contribution in [0.15, 0.2) is 72.8 Å². The molecule has 3 aromatic carbocycles. The number of rotatable bonds is 6. The van der Waals surface area contributed by atoms with Gasteiger partial charge in [0.15, 0.2) is 0 Å². The summed E-state index contributed by atoms with van der Waals surface area (Å²) in [5, 5.41) is 3.17. The summed E-state index contributed by atoms with van der Waals surface area (Å²) >= 11 is 0. The molecule has 3 N–H and O–H groups in total. The highest BCUT2D eigenvalue weighted by atomic mass is 19.1. The third kappa shape index (κ3) is 5.55. The molecule has 0 aromatic heterocycles. The quantitative estimate of drug-likeness (QED) is 0.560. The van der Waals surface area contributed by atoms with E-state index in [4.69, 9.17) is 4.74 Å². The molecule has 3 rings (SSSR count). The fraction of sp³-hybridized carbons (Fsp3) is 0.0909. The molecule has 6 nitrogen and oxygen atoms in total. The van der Waals surface area contributed by atoms with Crippen molar-refractivity contribution in [2.75, 3.05) is 12.4 Å². The Balaban J connectivity index is 1.61. The summed E-state index contributed by atoms with van der Waals surface area (Å²) in [7, 11) is 1.59. The second kappa shape index (κ2) is 9.36. The van der Waals surface area contributed by atoms with Crippen LogP contribution in [0.2, 0.25) is 0 Å². The maximum absolute atomic E-state index is 12.9. The summed E-state index contributed by atoms with van der Waals surface area (Å²) in [6.07, 6.45) is 0.0201. The zero-order valence-electron chi connectivity index (χ0n) is 15.7. The Kier molecular flexibility index (Phi) is 6.42. The Labute approximate surface area is 167 Å². The molecule has 0 heterocycles. The lowest BCUT2D eigenvalue weighted by molar-refractivity contribution is -0.121. The van der Waals surface area contributed by atoms with Crippen LogP contribution in [0.3, 0.4) is 0 Å². The van der Waals surface area contributed by atoms with Crippen LogP contribution in [0.4, 0.5) is 15.8 Å². The van der Waals surface area contributed by atoms with Gasteiger partial charge in [0, 0.05) is 5.69 Å². The number of halogens is 1. The Morgan fingerprint density at radius 1 is 0.897 bits per heavy atom. The van der Waals surface area contributed by atoms with Crippen LogP contribution in [-0.4, -0.2) is 18.9 Å². The smallest absolute Gasteiger partial charge is 0.271 e. The Morgan fingerprint density at radius 2 is 1.59 bits per heavy atom. The lowest BCUT2D eigenvalue weighted by Gasteiger charge is -2.13. The van der Waals surface area contributed by atoms with Gasteiger partial charge in [-0.15, -0.1) is 0 Å². The number of hydrazine groups is 1.